The molecule has 21 heavy (non-hydrogen) atoms. The van der Waals surface area contributed by atoms with Crippen molar-refractivity contribution >= 4 is 11.8 Å². The number of aromatic nitrogens is 2. The molecule has 2 N–H and O–H groups in total. The highest BCUT2D eigenvalue weighted by molar-refractivity contribution is 5.82. The lowest BCUT2D eigenvalue weighted by molar-refractivity contribution is -0.145. The van der Waals surface area contributed by atoms with Crippen LogP contribution in [0.2, 0.25) is 0 Å². The number of nitrogens with zero attached hydrogens (tertiary/aromatic N) is 2. The molecule has 0 spiro atoms. The minimum absolute atomic E-state index is 0.0664. The number of aliphatic carboxylic acids is 1. The van der Waals surface area contributed by atoms with Gasteiger partial charge in [-0.2, -0.15) is 0 Å². The molecule has 1 saturated heterocycles. The quantitative estimate of drug-likeness (QED) is 0.865. The maximum atomic E-state index is 12.5. The Morgan fingerprint density at radius 3 is 2.57 bits per heavy atom. The molecule has 1 aromatic heterocycles. The lowest BCUT2D eigenvalue weighted by Crippen LogP contribution is -2.52. The molecule has 0 radical (unpaired) electrons. The van der Waals surface area contributed by atoms with E-state index in [4.69, 9.17) is 4.74 Å². The number of rotatable bonds is 3. The highest BCUT2D eigenvalue weighted by Crippen LogP contribution is 2.24. The summed E-state index contributed by atoms with van der Waals surface area (Å²) in [6.07, 6.45) is 3.70. The average Bonchev–Trinajstić information content (AvgIpc) is 2.41. The predicted molar refractivity (Wildman–Crippen MR) is 77.5 cm³/mol. The van der Waals surface area contributed by atoms with Crippen LogP contribution in [0.3, 0.4) is 0 Å². The molecule has 0 aliphatic carbocycles. The highest BCUT2D eigenvalue weighted by Gasteiger charge is 2.41. The van der Waals surface area contributed by atoms with Crippen molar-refractivity contribution in [1.82, 2.24) is 9.55 Å². The van der Waals surface area contributed by atoms with Crippen molar-refractivity contribution in [3.8, 4) is 0 Å². The van der Waals surface area contributed by atoms with Gasteiger partial charge in [-0.1, -0.05) is 0 Å². The van der Waals surface area contributed by atoms with Gasteiger partial charge in [0.1, 0.15) is 5.54 Å². The molecule has 2 rings (SSSR count). The number of nitrogens with one attached hydrogen (secondary N) is 1. The summed E-state index contributed by atoms with van der Waals surface area (Å²) in [5.74, 6) is -0.921. The van der Waals surface area contributed by atoms with E-state index >= 15 is 0 Å². The van der Waals surface area contributed by atoms with Gasteiger partial charge < -0.3 is 19.7 Å². The predicted octanol–water partition coefficient (Wildman–Crippen LogP) is 1.04. The Hall–Kier alpha value is -1.89. The standard InChI is InChI=1S/C14H21N3O4/c1-13(2,3)17-7-6-15-10(11(17)18)16-14(12(19)20)4-8-21-9-5-14/h6-7H,4-5,8-9H2,1-3H3,(H,15,16)(H,19,20). The summed E-state index contributed by atoms with van der Waals surface area (Å²) in [6.45, 7) is 6.40. The molecule has 0 amide bonds. The zero-order chi connectivity index (χ0) is 15.7. The van der Waals surface area contributed by atoms with Crippen molar-refractivity contribution in [1.29, 1.82) is 0 Å². The lowest BCUT2D eigenvalue weighted by atomic mass is 9.90. The minimum atomic E-state index is -1.19. The Labute approximate surface area is 123 Å². The number of hydrogen-bond donors (Lipinski definition) is 2. The second-order valence-electron chi connectivity index (χ2n) is 6.25. The molecule has 0 bridgehead atoms. The van der Waals surface area contributed by atoms with E-state index in [9.17, 15) is 14.7 Å². The van der Waals surface area contributed by atoms with E-state index in [-0.39, 0.29) is 11.4 Å². The lowest BCUT2D eigenvalue weighted by Gasteiger charge is -2.34. The number of carboxylic acids is 1. The Kier molecular flexibility index (Phi) is 4.04. The Bertz CT molecular complexity index is 583. The monoisotopic (exact) mass is 295 g/mol. The van der Waals surface area contributed by atoms with Crippen molar-refractivity contribution in [3.63, 3.8) is 0 Å². The maximum absolute atomic E-state index is 12.5. The van der Waals surface area contributed by atoms with Crippen LogP contribution in [0.5, 0.6) is 0 Å². The molecule has 0 unspecified atom stereocenters. The second-order valence-corrected chi connectivity index (χ2v) is 6.25. The Morgan fingerprint density at radius 1 is 1.43 bits per heavy atom. The number of anilines is 1. The van der Waals surface area contributed by atoms with Crippen LogP contribution in [0.25, 0.3) is 0 Å². The molecule has 7 nitrogen and oxygen atoms in total. The smallest absolute Gasteiger partial charge is 0.329 e. The van der Waals surface area contributed by atoms with Crippen LogP contribution in [-0.2, 0) is 15.1 Å². The van der Waals surface area contributed by atoms with E-state index in [0.717, 1.165) is 0 Å². The molecular weight excluding hydrogens is 274 g/mol. The summed E-state index contributed by atoms with van der Waals surface area (Å²) >= 11 is 0. The van der Waals surface area contributed by atoms with Crippen molar-refractivity contribution in [2.75, 3.05) is 18.5 Å². The number of carbonyl (C=O) groups is 1. The number of carboxylic acid groups (broad SMARTS) is 1. The summed E-state index contributed by atoms with van der Waals surface area (Å²) in [5.41, 5.74) is -1.92. The van der Waals surface area contributed by atoms with Gasteiger partial charge in [-0.25, -0.2) is 9.78 Å². The minimum Gasteiger partial charge on any atom is -0.480 e. The third kappa shape index (κ3) is 3.07. The van der Waals surface area contributed by atoms with Gasteiger partial charge in [0.15, 0.2) is 5.82 Å². The first-order chi connectivity index (χ1) is 9.76. The van der Waals surface area contributed by atoms with Gasteiger partial charge in [-0.15, -0.1) is 0 Å². The van der Waals surface area contributed by atoms with Crippen LogP contribution in [-0.4, -0.2) is 39.4 Å². The zero-order valence-corrected chi connectivity index (χ0v) is 12.5. The summed E-state index contributed by atoms with van der Waals surface area (Å²) in [5, 5.41) is 12.4. The van der Waals surface area contributed by atoms with Gasteiger partial charge in [-0.3, -0.25) is 4.79 Å². The van der Waals surface area contributed by atoms with Crippen LogP contribution in [0.4, 0.5) is 5.82 Å². The molecule has 1 aliphatic rings. The molecule has 0 saturated carbocycles. The third-order valence-electron chi connectivity index (χ3n) is 3.68. The van der Waals surface area contributed by atoms with E-state index in [1.807, 2.05) is 20.8 Å². The summed E-state index contributed by atoms with van der Waals surface area (Å²) < 4.78 is 6.75. The molecular formula is C14H21N3O4. The molecule has 2 heterocycles. The largest absolute Gasteiger partial charge is 0.480 e. The van der Waals surface area contributed by atoms with Gasteiger partial charge in [0.2, 0.25) is 0 Å². The van der Waals surface area contributed by atoms with Crippen LogP contribution in [0, 0.1) is 0 Å². The second kappa shape index (κ2) is 5.48. The van der Waals surface area contributed by atoms with Crippen LogP contribution in [0.1, 0.15) is 33.6 Å². The van der Waals surface area contributed by atoms with E-state index in [2.05, 4.69) is 10.3 Å². The number of ether oxygens (including phenoxy) is 1. The summed E-state index contributed by atoms with van der Waals surface area (Å²) in [4.78, 5) is 28.1. The van der Waals surface area contributed by atoms with E-state index in [0.29, 0.717) is 26.1 Å². The average molecular weight is 295 g/mol. The fourth-order valence-electron chi connectivity index (χ4n) is 2.36. The SMILES string of the molecule is CC(C)(C)n1ccnc(NC2(C(=O)O)CCOCC2)c1=O. The van der Waals surface area contributed by atoms with Gasteiger partial charge in [-0.05, 0) is 20.8 Å². The summed E-state index contributed by atoms with van der Waals surface area (Å²) in [6, 6.07) is 0. The highest BCUT2D eigenvalue weighted by atomic mass is 16.5. The first-order valence-corrected chi connectivity index (χ1v) is 6.94. The fourth-order valence-corrected chi connectivity index (χ4v) is 2.36. The zero-order valence-electron chi connectivity index (χ0n) is 12.5. The molecule has 0 aromatic carbocycles. The molecule has 1 fully saturated rings. The topological polar surface area (TPSA) is 93.5 Å². The molecule has 7 heteroatoms. The Morgan fingerprint density at radius 2 is 2.05 bits per heavy atom. The number of hydrogen-bond acceptors (Lipinski definition) is 5. The van der Waals surface area contributed by atoms with Gasteiger partial charge in [0, 0.05) is 44.0 Å². The van der Waals surface area contributed by atoms with E-state index in [1.54, 1.807) is 6.20 Å². The van der Waals surface area contributed by atoms with Gasteiger partial charge in [0.05, 0.1) is 0 Å². The normalized spacial score (nSPS) is 18.2. The van der Waals surface area contributed by atoms with Crippen LogP contribution < -0.4 is 10.9 Å². The summed E-state index contributed by atoms with van der Waals surface area (Å²) in [7, 11) is 0. The fraction of sp³-hybridized carbons (Fsp3) is 0.643. The van der Waals surface area contributed by atoms with E-state index < -0.39 is 17.0 Å². The maximum Gasteiger partial charge on any atom is 0.329 e. The van der Waals surface area contributed by atoms with Gasteiger partial charge >= 0.3 is 5.97 Å². The Balaban J connectivity index is 2.39. The molecule has 1 aliphatic heterocycles. The molecule has 0 atom stereocenters. The van der Waals surface area contributed by atoms with Crippen LogP contribution >= 0.6 is 0 Å². The van der Waals surface area contributed by atoms with Crippen LogP contribution in [0.15, 0.2) is 17.2 Å². The molecule has 1 aromatic rings. The first kappa shape index (κ1) is 15.5. The third-order valence-corrected chi connectivity index (χ3v) is 3.68. The van der Waals surface area contributed by atoms with Gasteiger partial charge in [0.25, 0.3) is 5.56 Å². The van der Waals surface area contributed by atoms with Crippen molar-refractivity contribution in [3.05, 3.63) is 22.7 Å². The van der Waals surface area contributed by atoms with Crippen molar-refractivity contribution < 1.29 is 14.6 Å². The van der Waals surface area contributed by atoms with Crippen molar-refractivity contribution in [2.24, 2.45) is 0 Å². The van der Waals surface area contributed by atoms with E-state index in [1.165, 1.54) is 10.8 Å². The first-order valence-electron chi connectivity index (χ1n) is 6.94. The van der Waals surface area contributed by atoms with Crippen molar-refractivity contribution in [2.45, 2.75) is 44.7 Å². The molecule has 116 valence electrons.